The molecule has 4 rings (SSSR count). The molecule has 7 nitrogen and oxygen atoms in total. The molecule has 4 heterocycles. The second kappa shape index (κ2) is 8.78. The Labute approximate surface area is 179 Å². The summed E-state index contributed by atoms with van der Waals surface area (Å²) < 4.78 is 0.970. The molecule has 0 N–H and O–H groups in total. The summed E-state index contributed by atoms with van der Waals surface area (Å²) in [5.41, 5.74) is 0.566. The molecule has 29 heavy (non-hydrogen) atoms. The van der Waals surface area contributed by atoms with Gasteiger partial charge in [0.25, 0.3) is 0 Å². The molecule has 1 amide bonds. The number of aromatic nitrogens is 2. The lowest BCUT2D eigenvalue weighted by atomic mass is 9.95. The van der Waals surface area contributed by atoms with Gasteiger partial charge < -0.3 is 14.7 Å². The van der Waals surface area contributed by atoms with Crippen molar-refractivity contribution in [1.82, 2.24) is 14.9 Å². The number of hydrogen-bond donors (Lipinski definition) is 0. The zero-order valence-electron chi connectivity index (χ0n) is 16.2. The van der Waals surface area contributed by atoms with Crippen molar-refractivity contribution in [3.05, 3.63) is 46.7 Å². The highest BCUT2D eigenvalue weighted by molar-refractivity contribution is 9.10. The number of halogens is 1. The van der Waals surface area contributed by atoms with Crippen LogP contribution in [-0.4, -0.2) is 60.0 Å². The summed E-state index contributed by atoms with van der Waals surface area (Å²) in [5.74, 6) is 2.21. The summed E-state index contributed by atoms with van der Waals surface area (Å²) in [6.07, 6.45) is 5.10. The van der Waals surface area contributed by atoms with E-state index < -0.39 is 0 Å². The highest BCUT2D eigenvalue weighted by atomic mass is 79.9. The SMILES string of the molecule is N#Cc1ccc(N2CCC(C(=O)N3CCN(c4ccc(Br)cn4)CC3)CC2)nc1. The van der Waals surface area contributed by atoms with Gasteiger partial charge in [0.2, 0.25) is 5.91 Å². The molecule has 2 aromatic rings. The van der Waals surface area contributed by atoms with Crippen molar-refractivity contribution < 1.29 is 4.79 Å². The molecule has 0 spiro atoms. The Balaban J connectivity index is 1.27. The lowest BCUT2D eigenvalue weighted by molar-refractivity contribution is -0.136. The molecule has 2 fully saturated rings. The van der Waals surface area contributed by atoms with Gasteiger partial charge in [-0.05, 0) is 53.0 Å². The first-order valence-electron chi connectivity index (χ1n) is 9.90. The Morgan fingerprint density at radius 3 is 2.10 bits per heavy atom. The second-order valence-electron chi connectivity index (χ2n) is 7.43. The van der Waals surface area contributed by atoms with Gasteiger partial charge in [-0.25, -0.2) is 9.97 Å². The smallest absolute Gasteiger partial charge is 0.225 e. The first-order chi connectivity index (χ1) is 14.1. The van der Waals surface area contributed by atoms with Gasteiger partial charge in [0, 0.05) is 62.1 Å². The number of piperazine rings is 1. The average molecular weight is 455 g/mol. The molecule has 2 aliphatic heterocycles. The van der Waals surface area contributed by atoms with Gasteiger partial charge in [0.05, 0.1) is 5.56 Å². The van der Waals surface area contributed by atoms with Crippen molar-refractivity contribution in [2.45, 2.75) is 12.8 Å². The summed E-state index contributed by atoms with van der Waals surface area (Å²) in [7, 11) is 0. The van der Waals surface area contributed by atoms with Crippen LogP contribution < -0.4 is 9.80 Å². The third-order valence-corrected chi connectivity index (χ3v) is 6.14. The topological polar surface area (TPSA) is 76.4 Å². The molecule has 2 aromatic heterocycles. The summed E-state index contributed by atoms with van der Waals surface area (Å²) in [6.45, 7) is 4.75. The predicted molar refractivity (Wildman–Crippen MR) is 115 cm³/mol. The molecule has 8 heteroatoms. The summed E-state index contributed by atoms with van der Waals surface area (Å²) >= 11 is 3.41. The number of carbonyl (C=O) groups is 1. The van der Waals surface area contributed by atoms with E-state index in [1.807, 2.05) is 29.3 Å². The standard InChI is InChI=1S/C21H23BrN6O/c22-18-2-4-20(25-15-18)27-9-11-28(12-10-27)21(29)17-5-7-26(8-6-17)19-3-1-16(13-23)14-24-19/h1-4,14-15,17H,5-12H2. The monoisotopic (exact) mass is 454 g/mol. The normalized spacial score (nSPS) is 17.9. The van der Waals surface area contributed by atoms with Crippen LogP contribution in [0.3, 0.4) is 0 Å². The van der Waals surface area contributed by atoms with E-state index in [0.717, 1.165) is 68.2 Å². The summed E-state index contributed by atoms with van der Waals surface area (Å²) in [5, 5.41) is 8.90. The van der Waals surface area contributed by atoms with Crippen LogP contribution in [0.25, 0.3) is 0 Å². The molecule has 0 aliphatic carbocycles. The molecule has 0 saturated carbocycles. The van der Waals surface area contributed by atoms with E-state index >= 15 is 0 Å². The number of rotatable bonds is 3. The van der Waals surface area contributed by atoms with E-state index in [1.54, 1.807) is 12.3 Å². The lowest BCUT2D eigenvalue weighted by Crippen LogP contribution is -2.52. The van der Waals surface area contributed by atoms with Gasteiger partial charge in [-0.2, -0.15) is 5.26 Å². The van der Waals surface area contributed by atoms with Crippen LogP contribution in [0.2, 0.25) is 0 Å². The van der Waals surface area contributed by atoms with Crippen molar-refractivity contribution in [3.63, 3.8) is 0 Å². The van der Waals surface area contributed by atoms with Crippen LogP contribution in [0.15, 0.2) is 41.1 Å². The van der Waals surface area contributed by atoms with E-state index in [4.69, 9.17) is 5.26 Å². The van der Waals surface area contributed by atoms with E-state index in [1.165, 1.54) is 0 Å². The molecular formula is C21H23BrN6O. The maximum absolute atomic E-state index is 13.0. The molecule has 0 aromatic carbocycles. The zero-order chi connectivity index (χ0) is 20.2. The Morgan fingerprint density at radius 1 is 0.931 bits per heavy atom. The lowest BCUT2D eigenvalue weighted by Gasteiger charge is -2.39. The van der Waals surface area contributed by atoms with Crippen LogP contribution in [0.4, 0.5) is 11.6 Å². The van der Waals surface area contributed by atoms with Gasteiger partial charge in [0.15, 0.2) is 0 Å². The van der Waals surface area contributed by atoms with Crippen LogP contribution >= 0.6 is 15.9 Å². The molecule has 2 saturated heterocycles. The first kappa shape index (κ1) is 19.6. The minimum atomic E-state index is 0.0852. The van der Waals surface area contributed by atoms with E-state index in [-0.39, 0.29) is 11.8 Å². The predicted octanol–water partition coefficient (Wildman–Crippen LogP) is 2.68. The van der Waals surface area contributed by atoms with Crippen LogP contribution in [0, 0.1) is 17.2 Å². The minimum absolute atomic E-state index is 0.0852. The van der Waals surface area contributed by atoms with Crippen molar-refractivity contribution in [2.75, 3.05) is 49.1 Å². The fourth-order valence-electron chi connectivity index (χ4n) is 3.96. The molecule has 150 valence electrons. The van der Waals surface area contributed by atoms with E-state index in [2.05, 4.69) is 41.8 Å². The molecule has 2 aliphatic rings. The quantitative estimate of drug-likeness (QED) is 0.709. The second-order valence-corrected chi connectivity index (χ2v) is 8.34. The number of amides is 1. The van der Waals surface area contributed by atoms with Gasteiger partial charge in [0.1, 0.15) is 17.7 Å². The van der Waals surface area contributed by atoms with Gasteiger partial charge in [-0.3, -0.25) is 4.79 Å². The fraction of sp³-hybridized carbons (Fsp3) is 0.429. The highest BCUT2D eigenvalue weighted by Crippen LogP contribution is 2.24. The largest absolute Gasteiger partial charge is 0.357 e. The fourth-order valence-corrected chi connectivity index (χ4v) is 4.20. The maximum Gasteiger partial charge on any atom is 0.225 e. The number of hydrogen-bond acceptors (Lipinski definition) is 6. The molecule has 0 atom stereocenters. The summed E-state index contributed by atoms with van der Waals surface area (Å²) in [6, 6.07) is 9.77. The Kier molecular flexibility index (Phi) is 5.95. The number of carbonyl (C=O) groups excluding carboxylic acids is 1. The third-order valence-electron chi connectivity index (χ3n) is 5.67. The molecule has 0 radical (unpaired) electrons. The highest BCUT2D eigenvalue weighted by Gasteiger charge is 2.31. The third kappa shape index (κ3) is 4.51. The van der Waals surface area contributed by atoms with Crippen LogP contribution in [0.1, 0.15) is 18.4 Å². The number of nitriles is 1. The van der Waals surface area contributed by atoms with E-state index in [0.29, 0.717) is 5.56 Å². The Morgan fingerprint density at radius 2 is 1.55 bits per heavy atom. The maximum atomic E-state index is 13.0. The molecule has 0 unspecified atom stereocenters. The first-order valence-corrected chi connectivity index (χ1v) is 10.7. The number of pyridine rings is 2. The van der Waals surface area contributed by atoms with Gasteiger partial charge in [-0.1, -0.05) is 0 Å². The average Bonchev–Trinajstić information content (AvgIpc) is 2.79. The Bertz CT molecular complexity index is 879. The van der Waals surface area contributed by atoms with Gasteiger partial charge in [-0.15, -0.1) is 0 Å². The number of piperidine rings is 1. The van der Waals surface area contributed by atoms with E-state index in [9.17, 15) is 4.79 Å². The van der Waals surface area contributed by atoms with Crippen molar-refractivity contribution in [3.8, 4) is 6.07 Å². The van der Waals surface area contributed by atoms with Crippen LogP contribution in [-0.2, 0) is 4.79 Å². The van der Waals surface area contributed by atoms with Crippen molar-refractivity contribution in [1.29, 1.82) is 5.26 Å². The van der Waals surface area contributed by atoms with Crippen LogP contribution in [0.5, 0.6) is 0 Å². The minimum Gasteiger partial charge on any atom is -0.357 e. The number of anilines is 2. The molecular weight excluding hydrogens is 432 g/mol. The van der Waals surface area contributed by atoms with Crippen molar-refractivity contribution >= 4 is 33.5 Å². The number of nitrogens with zero attached hydrogens (tertiary/aromatic N) is 6. The summed E-state index contributed by atoms with van der Waals surface area (Å²) in [4.78, 5) is 28.2. The molecule has 0 bridgehead atoms. The van der Waals surface area contributed by atoms with Crippen molar-refractivity contribution in [2.24, 2.45) is 5.92 Å². The Hall–Kier alpha value is -2.66. The zero-order valence-corrected chi connectivity index (χ0v) is 17.8. The van der Waals surface area contributed by atoms with Gasteiger partial charge >= 0.3 is 0 Å².